The van der Waals surface area contributed by atoms with Crippen molar-refractivity contribution in [3.8, 4) is 0 Å². The molecule has 1 aromatic rings. The van der Waals surface area contributed by atoms with E-state index in [-0.39, 0.29) is 12.3 Å². The molecule has 0 radical (unpaired) electrons. The molecule has 5 heteroatoms. The van der Waals surface area contributed by atoms with Crippen molar-refractivity contribution in [1.29, 1.82) is 0 Å². The average Bonchev–Trinajstić information content (AvgIpc) is 2.73. The third-order valence-electron chi connectivity index (χ3n) is 3.18. The van der Waals surface area contributed by atoms with Gasteiger partial charge < -0.3 is 15.0 Å². The van der Waals surface area contributed by atoms with Crippen LogP contribution in [0.2, 0.25) is 0 Å². The van der Waals surface area contributed by atoms with Crippen LogP contribution >= 0.6 is 0 Å². The van der Waals surface area contributed by atoms with E-state index in [1.54, 1.807) is 4.90 Å². The van der Waals surface area contributed by atoms with Gasteiger partial charge in [-0.1, -0.05) is 0 Å². The zero-order chi connectivity index (χ0) is 12.6. The predicted molar refractivity (Wildman–Crippen MR) is 61.4 cm³/mol. The molecule has 1 saturated heterocycles. The number of aromatic nitrogens is 1. The van der Waals surface area contributed by atoms with Crippen LogP contribution in [0.5, 0.6) is 0 Å². The van der Waals surface area contributed by atoms with E-state index in [2.05, 4.69) is 4.98 Å². The number of nitrogens with one attached hydrogen (secondary N) is 1. The number of H-pyrrole nitrogens is 1. The van der Waals surface area contributed by atoms with Gasteiger partial charge in [-0.15, -0.1) is 0 Å². The summed E-state index contributed by atoms with van der Waals surface area (Å²) in [6.45, 7) is 4.73. The van der Waals surface area contributed by atoms with E-state index in [9.17, 15) is 9.59 Å². The monoisotopic (exact) mass is 236 g/mol. The van der Waals surface area contributed by atoms with Gasteiger partial charge in [-0.2, -0.15) is 0 Å². The fraction of sp³-hybridized carbons (Fsp3) is 0.500. The number of likely N-dealkylation sites (tertiary alicyclic amines) is 1. The summed E-state index contributed by atoms with van der Waals surface area (Å²) in [4.78, 5) is 27.3. The molecule has 0 spiro atoms. The number of carbonyl (C=O) groups excluding carboxylic acids is 1. The zero-order valence-corrected chi connectivity index (χ0v) is 9.99. The van der Waals surface area contributed by atoms with Gasteiger partial charge in [0.05, 0.1) is 5.92 Å². The Morgan fingerprint density at radius 2 is 2.29 bits per heavy atom. The summed E-state index contributed by atoms with van der Waals surface area (Å²) < 4.78 is 0. The number of aryl methyl sites for hydroxylation is 2. The highest BCUT2D eigenvalue weighted by molar-refractivity contribution is 5.86. The minimum atomic E-state index is -0.886. The normalized spacial score (nSPS) is 20.0. The van der Waals surface area contributed by atoms with Crippen molar-refractivity contribution in [3.05, 3.63) is 23.0 Å². The topological polar surface area (TPSA) is 73.4 Å². The number of aliphatic carboxylic acids is 1. The summed E-state index contributed by atoms with van der Waals surface area (Å²) in [5.74, 6) is -1.51. The van der Waals surface area contributed by atoms with Gasteiger partial charge in [-0.05, 0) is 25.5 Å². The lowest BCUT2D eigenvalue weighted by atomic mass is 10.1. The third-order valence-corrected chi connectivity index (χ3v) is 3.18. The Morgan fingerprint density at radius 3 is 2.76 bits per heavy atom. The summed E-state index contributed by atoms with van der Waals surface area (Å²) in [6.07, 6.45) is 0.123. The van der Waals surface area contributed by atoms with Gasteiger partial charge in [-0.25, -0.2) is 0 Å². The number of carbonyl (C=O) groups is 2. The second-order valence-electron chi connectivity index (χ2n) is 4.62. The third kappa shape index (κ3) is 2.33. The van der Waals surface area contributed by atoms with Gasteiger partial charge in [0.1, 0.15) is 0 Å². The molecular formula is C12H16N2O3. The SMILES string of the molecule is Cc1cc(CN2CC(C(=O)O)CC2=O)c(C)[nH]1. The van der Waals surface area contributed by atoms with Crippen molar-refractivity contribution in [2.45, 2.75) is 26.8 Å². The number of hydrogen-bond donors (Lipinski definition) is 2. The number of carboxylic acid groups (broad SMARTS) is 1. The van der Waals surface area contributed by atoms with Crippen LogP contribution in [0, 0.1) is 19.8 Å². The number of hydrogen-bond acceptors (Lipinski definition) is 2. The smallest absolute Gasteiger partial charge is 0.308 e. The van der Waals surface area contributed by atoms with Crippen molar-refractivity contribution in [2.24, 2.45) is 5.92 Å². The first-order valence-corrected chi connectivity index (χ1v) is 5.63. The van der Waals surface area contributed by atoms with E-state index in [1.165, 1.54) is 0 Å². The quantitative estimate of drug-likeness (QED) is 0.824. The molecule has 92 valence electrons. The fourth-order valence-electron chi connectivity index (χ4n) is 2.24. The van der Waals surface area contributed by atoms with Crippen molar-refractivity contribution >= 4 is 11.9 Å². The first-order chi connectivity index (χ1) is 7.97. The predicted octanol–water partition coefficient (Wildman–Crippen LogP) is 1.06. The van der Waals surface area contributed by atoms with Crippen molar-refractivity contribution in [3.63, 3.8) is 0 Å². The molecule has 0 aliphatic carbocycles. The number of carboxylic acids is 1. The highest BCUT2D eigenvalue weighted by Gasteiger charge is 2.34. The maximum Gasteiger partial charge on any atom is 0.308 e. The van der Waals surface area contributed by atoms with Gasteiger partial charge in [0.2, 0.25) is 5.91 Å². The van der Waals surface area contributed by atoms with E-state index in [1.807, 2.05) is 19.9 Å². The summed E-state index contributed by atoms with van der Waals surface area (Å²) in [7, 11) is 0. The van der Waals surface area contributed by atoms with Gasteiger partial charge in [0, 0.05) is 30.9 Å². The van der Waals surface area contributed by atoms with Crippen molar-refractivity contribution in [1.82, 2.24) is 9.88 Å². The van der Waals surface area contributed by atoms with Crippen LogP contribution in [0.15, 0.2) is 6.07 Å². The Morgan fingerprint density at radius 1 is 1.59 bits per heavy atom. The van der Waals surface area contributed by atoms with Gasteiger partial charge in [-0.3, -0.25) is 9.59 Å². The molecule has 1 unspecified atom stereocenters. The standard InChI is InChI=1S/C12H16N2O3/c1-7-3-9(8(2)13-7)5-14-6-10(12(16)17)4-11(14)15/h3,10,13H,4-6H2,1-2H3,(H,16,17). The molecule has 0 bridgehead atoms. The maximum atomic E-state index is 11.7. The average molecular weight is 236 g/mol. The zero-order valence-electron chi connectivity index (χ0n) is 9.99. The molecule has 1 atom stereocenters. The molecule has 1 amide bonds. The van der Waals surface area contributed by atoms with Crippen molar-refractivity contribution < 1.29 is 14.7 Å². The van der Waals surface area contributed by atoms with Gasteiger partial charge >= 0.3 is 5.97 Å². The Hall–Kier alpha value is -1.78. The summed E-state index contributed by atoms with van der Waals surface area (Å²) in [5, 5.41) is 8.89. The molecule has 1 fully saturated rings. The number of aromatic amines is 1. The Kier molecular flexibility index (Phi) is 2.92. The molecular weight excluding hydrogens is 220 g/mol. The number of amides is 1. The Balaban J connectivity index is 2.07. The first kappa shape index (κ1) is 11.7. The van der Waals surface area contributed by atoms with E-state index >= 15 is 0 Å². The molecule has 1 aliphatic heterocycles. The summed E-state index contributed by atoms with van der Waals surface area (Å²) >= 11 is 0. The molecule has 0 aromatic carbocycles. The van der Waals surface area contributed by atoms with E-state index in [0.717, 1.165) is 17.0 Å². The van der Waals surface area contributed by atoms with Crippen LogP contribution in [-0.2, 0) is 16.1 Å². The van der Waals surface area contributed by atoms with Crippen LogP contribution in [0.3, 0.4) is 0 Å². The molecule has 1 aromatic heterocycles. The summed E-state index contributed by atoms with van der Waals surface area (Å²) in [6, 6.07) is 2.00. The minimum absolute atomic E-state index is 0.0735. The molecule has 2 heterocycles. The van der Waals surface area contributed by atoms with E-state index in [0.29, 0.717) is 13.1 Å². The lowest BCUT2D eigenvalue weighted by Gasteiger charge is -2.15. The molecule has 0 saturated carbocycles. The Bertz CT molecular complexity index is 464. The molecule has 5 nitrogen and oxygen atoms in total. The Labute approximate surface area is 99.4 Å². The van der Waals surface area contributed by atoms with E-state index < -0.39 is 11.9 Å². The maximum absolute atomic E-state index is 11.7. The van der Waals surface area contributed by atoms with Crippen LogP contribution in [0.1, 0.15) is 23.4 Å². The number of nitrogens with zero attached hydrogens (tertiary/aromatic N) is 1. The van der Waals surface area contributed by atoms with Crippen LogP contribution < -0.4 is 0 Å². The van der Waals surface area contributed by atoms with Crippen LogP contribution in [0.4, 0.5) is 0 Å². The lowest BCUT2D eigenvalue weighted by Crippen LogP contribution is -2.25. The highest BCUT2D eigenvalue weighted by Crippen LogP contribution is 2.21. The van der Waals surface area contributed by atoms with Crippen molar-refractivity contribution in [2.75, 3.05) is 6.54 Å². The highest BCUT2D eigenvalue weighted by atomic mass is 16.4. The van der Waals surface area contributed by atoms with E-state index in [4.69, 9.17) is 5.11 Å². The largest absolute Gasteiger partial charge is 0.481 e. The van der Waals surface area contributed by atoms with Gasteiger partial charge in [0.25, 0.3) is 0 Å². The minimum Gasteiger partial charge on any atom is -0.481 e. The number of rotatable bonds is 3. The van der Waals surface area contributed by atoms with Crippen LogP contribution in [-0.4, -0.2) is 33.4 Å². The van der Waals surface area contributed by atoms with Crippen LogP contribution in [0.25, 0.3) is 0 Å². The first-order valence-electron chi connectivity index (χ1n) is 5.63. The van der Waals surface area contributed by atoms with Gasteiger partial charge in [0.15, 0.2) is 0 Å². The second kappa shape index (κ2) is 4.24. The molecule has 17 heavy (non-hydrogen) atoms. The lowest BCUT2D eigenvalue weighted by molar-refractivity contribution is -0.141. The summed E-state index contributed by atoms with van der Waals surface area (Å²) in [5.41, 5.74) is 3.15. The molecule has 1 aliphatic rings. The molecule has 2 rings (SSSR count). The molecule has 2 N–H and O–H groups in total. The second-order valence-corrected chi connectivity index (χ2v) is 4.62. The fourth-order valence-corrected chi connectivity index (χ4v) is 2.24.